The highest BCUT2D eigenvalue weighted by atomic mass is 16.3. The average Bonchev–Trinajstić information content (AvgIpc) is 3.22. The Morgan fingerprint density at radius 2 is 1.75 bits per heavy atom. The molecule has 0 atom stereocenters. The summed E-state index contributed by atoms with van der Waals surface area (Å²) in [6, 6.07) is 0. The van der Waals surface area contributed by atoms with Gasteiger partial charge in [0.15, 0.2) is 0 Å². The van der Waals surface area contributed by atoms with E-state index in [1.807, 2.05) is 0 Å². The van der Waals surface area contributed by atoms with Crippen LogP contribution < -0.4 is 11.1 Å². The zero-order chi connectivity index (χ0) is 19.2. The van der Waals surface area contributed by atoms with E-state index in [-0.39, 0.29) is 5.54 Å². The van der Waals surface area contributed by atoms with Gasteiger partial charge in [0, 0.05) is 11.5 Å². The van der Waals surface area contributed by atoms with Gasteiger partial charge in [0.1, 0.15) is 17.4 Å². The van der Waals surface area contributed by atoms with Gasteiger partial charge in [-0.2, -0.15) is 4.98 Å². The molecule has 2 aromatic rings. The summed E-state index contributed by atoms with van der Waals surface area (Å²) in [5.74, 6) is 5.35. The van der Waals surface area contributed by atoms with Crippen LogP contribution in [0.15, 0.2) is 4.42 Å². The number of nitrogens with zero attached hydrogens (tertiary/aromatic N) is 2. The summed E-state index contributed by atoms with van der Waals surface area (Å²) >= 11 is 0. The van der Waals surface area contributed by atoms with E-state index >= 15 is 0 Å². The van der Waals surface area contributed by atoms with Gasteiger partial charge in [-0.05, 0) is 82.5 Å². The third-order valence-electron chi connectivity index (χ3n) is 7.94. The number of anilines is 1. The molecule has 5 fully saturated rings. The standard InChI is InChI=1S/C22H28N4O2/c1-10-15(18(23)27)17-20(26-22(2)3-4-22)24-19(25-21(17)28-10)16-13-6-11-5-12(8-13)9-14(16)7-11/h11-14,16H,3-9H2,1-2H3,(H2,23,27)(H,24,25,26). The van der Waals surface area contributed by atoms with E-state index in [1.54, 1.807) is 6.92 Å². The molecule has 2 aromatic heterocycles. The molecule has 5 saturated carbocycles. The first-order chi connectivity index (χ1) is 13.4. The molecule has 2 heterocycles. The van der Waals surface area contributed by atoms with Crippen molar-refractivity contribution in [2.24, 2.45) is 29.4 Å². The molecule has 0 saturated heterocycles. The third-order valence-corrected chi connectivity index (χ3v) is 7.94. The highest BCUT2D eigenvalue weighted by Gasteiger charge is 2.50. The minimum absolute atomic E-state index is 0.0444. The van der Waals surface area contributed by atoms with Gasteiger partial charge in [-0.1, -0.05) is 0 Å². The summed E-state index contributed by atoms with van der Waals surface area (Å²) in [5.41, 5.74) is 6.64. The lowest BCUT2D eigenvalue weighted by atomic mass is 9.51. The van der Waals surface area contributed by atoms with E-state index < -0.39 is 5.91 Å². The molecule has 28 heavy (non-hydrogen) atoms. The van der Waals surface area contributed by atoms with E-state index in [0.717, 1.165) is 36.3 Å². The maximum absolute atomic E-state index is 12.1. The Hall–Kier alpha value is -2.11. The van der Waals surface area contributed by atoms with Crippen LogP contribution in [0.25, 0.3) is 11.1 Å². The lowest BCUT2D eigenvalue weighted by molar-refractivity contribution is -0.00555. The average molecular weight is 380 g/mol. The fourth-order valence-corrected chi connectivity index (χ4v) is 6.61. The van der Waals surface area contributed by atoms with E-state index in [4.69, 9.17) is 20.1 Å². The number of furan rings is 1. The Balaban J connectivity index is 1.50. The van der Waals surface area contributed by atoms with Gasteiger partial charge in [-0.15, -0.1) is 0 Å². The number of fused-ring (bicyclic) bond motifs is 1. The van der Waals surface area contributed by atoms with Crippen LogP contribution in [0.4, 0.5) is 5.82 Å². The maximum Gasteiger partial charge on any atom is 0.253 e. The first-order valence-corrected chi connectivity index (χ1v) is 10.8. The second-order valence-electron chi connectivity index (χ2n) is 10.2. The van der Waals surface area contributed by atoms with Crippen molar-refractivity contribution in [3.8, 4) is 0 Å². The quantitative estimate of drug-likeness (QED) is 0.831. The highest BCUT2D eigenvalue weighted by Crippen LogP contribution is 2.59. The predicted octanol–water partition coefficient (Wildman–Crippen LogP) is 4.13. The molecule has 5 aliphatic rings. The Kier molecular flexibility index (Phi) is 3.29. The van der Waals surface area contributed by atoms with Crippen molar-refractivity contribution in [3.63, 3.8) is 0 Å². The Morgan fingerprint density at radius 1 is 1.11 bits per heavy atom. The van der Waals surface area contributed by atoms with Crippen LogP contribution in [0.1, 0.15) is 79.7 Å². The predicted molar refractivity (Wildman–Crippen MR) is 106 cm³/mol. The van der Waals surface area contributed by atoms with Gasteiger partial charge in [-0.25, -0.2) is 4.98 Å². The molecule has 0 radical (unpaired) electrons. The number of hydrogen-bond acceptors (Lipinski definition) is 5. The molecule has 4 bridgehead atoms. The summed E-state index contributed by atoms with van der Waals surface area (Å²) < 4.78 is 5.93. The van der Waals surface area contributed by atoms with Crippen molar-refractivity contribution in [3.05, 3.63) is 17.1 Å². The normalized spacial score (nSPS) is 34.7. The zero-order valence-electron chi connectivity index (χ0n) is 16.6. The fourth-order valence-electron chi connectivity index (χ4n) is 6.61. The van der Waals surface area contributed by atoms with Crippen molar-refractivity contribution in [2.45, 2.75) is 70.3 Å². The highest BCUT2D eigenvalue weighted by molar-refractivity contribution is 6.09. The number of nitrogens with two attached hydrogens (primary N) is 1. The van der Waals surface area contributed by atoms with Crippen LogP contribution >= 0.6 is 0 Å². The minimum atomic E-state index is -0.480. The smallest absolute Gasteiger partial charge is 0.253 e. The number of carbonyl (C=O) groups is 1. The van der Waals surface area contributed by atoms with Crippen molar-refractivity contribution >= 4 is 22.8 Å². The summed E-state index contributed by atoms with van der Waals surface area (Å²) in [6.07, 6.45) is 8.94. The number of aryl methyl sites for hydroxylation is 1. The third kappa shape index (κ3) is 2.42. The first-order valence-electron chi connectivity index (χ1n) is 10.8. The Labute approximate surface area is 164 Å². The van der Waals surface area contributed by atoms with Crippen LogP contribution in [0.5, 0.6) is 0 Å². The van der Waals surface area contributed by atoms with Gasteiger partial charge >= 0.3 is 0 Å². The van der Waals surface area contributed by atoms with E-state index in [9.17, 15) is 4.79 Å². The Bertz CT molecular complexity index is 962. The number of rotatable bonds is 4. The molecular formula is C22H28N4O2. The lowest BCUT2D eigenvalue weighted by Gasteiger charge is -2.53. The molecule has 0 spiro atoms. The molecular weight excluding hydrogens is 352 g/mol. The topological polar surface area (TPSA) is 94.0 Å². The number of primary amides is 1. The largest absolute Gasteiger partial charge is 0.442 e. The number of aromatic nitrogens is 2. The second-order valence-corrected chi connectivity index (χ2v) is 10.2. The zero-order valence-corrected chi connectivity index (χ0v) is 16.6. The number of carbonyl (C=O) groups excluding carboxylic acids is 1. The van der Waals surface area contributed by atoms with Gasteiger partial charge in [0.2, 0.25) is 5.71 Å². The second kappa shape index (κ2) is 5.49. The maximum atomic E-state index is 12.1. The molecule has 148 valence electrons. The molecule has 0 aliphatic heterocycles. The summed E-state index contributed by atoms with van der Waals surface area (Å²) in [5, 5.41) is 4.25. The minimum Gasteiger partial charge on any atom is -0.442 e. The number of amides is 1. The monoisotopic (exact) mass is 380 g/mol. The fraction of sp³-hybridized carbons (Fsp3) is 0.682. The van der Waals surface area contributed by atoms with E-state index in [0.29, 0.717) is 40.2 Å². The molecule has 6 nitrogen and oxygen atoms in total. The SMILES string of the molecule is Cc1oc2nc(C3C4CC5CC(C4)CC3C5)nc(NC3(C)CC3)c2c1C(N)=O. The molecule has 3 N–H and O–H groups in total. The van der Waals surface area contributed by atoms with Gasteiger partial charge in [0.25, 0.3) is 5.91 Å². The van der Waals surface area contributed by atoms with Crippen molar-refractivity contribution < 1.29 is 9.21 Å². The Morgan fingerprint density at radius 3 is 2.32 bits per heavy atom. The van der Waals surface area contributed by atoms with Crippen LogP contribution in [0.3, 0.4) is 0 Å². The van der Waals surface area contributed by atoms with Crippen molar-refractivity contribution in [2.75, 3.05) is 5.32 Å². The van der Waals surface area contributed by atoms with Crippen molar-refractivity contribution in [1.29, 1.82) is 0 Å². The van der Waals surface area contributed by atoms with E-state index in [2.05, 4.69) is 12.2 Å². The number of hydrogen-bond donors (Lipinski definition) is 2. The lowest BCUT2D eigenvalue weighted by Crippen LogP contribution is -2.44. The van der Waals surface area contributed by atoms with Gasteiger partial charge < -0.3 is 15.5 Å². The molecule has 0 unspecified atom stereocenters. The summed E-state index contributed by atoms with van der Waals surface area (Å²) in [6.45, 7) is 3.98. The molecule has 0 aromatic carbocycles. The molecule has 5 aliphatic carbocycles. The molecule has 6 heteroatoms. The van der Waals surface area contributed by atoms with Crippen LogP contribution in [-0.4, -0.2) is 21.4 Å². The van der Waals surface area contributed by atoms with E-state index in [1.165, 1.54) is 32.1 Å². The van der Waals surface area contributed by atoms with Crippen LogP contribution in [0.2, 0.25) is 0 Å². The number of nitrogens with one attached hydrogen (secondary N) is 1. The molecule has 1 amide bonds. The van der Waals surface area contributed by atoms with Crippen LogP contribution in [-0.2, 0) is 0 Å². The summed E-state index contributed by atoms with van der Waals surface area (Å²) in [4.78, 5) is 22.0. The van der Waals surface area contributed by atoms with Gasteiger partial charge in [0.05, 0.1) is 10.9 Å². The molecule has 7 rings (SSSR count). The van der Waals surface area contributed by atoms with Crippen LogP contribution in [0, 0.1) is 30.6 Å². The summed E-state index contributed by atoms with van der Waals surface area (Å²) in [7, 11) is 0. The first kappa shape index (κ1) is 16.8. The van der Waals surface area contributed by atoms with Gasteiger partial charge in [-0.3, -0.25) is 4.79 Å². The van der Waals surface area contributed by atoms with Crippen molar-refractivity contribution in [1.82, 2.24) is 9.97 Å².